The summed E-state index contributed by atoms with van der Waals surface area (Å²) in [5.74, 6) is -3.02. The highest BCUT2D eigenvalue weighted by Gasteiger charge is 2.22. The van der Waals surface area contributed by atoms with Gasteiger partial charge in [0.15, 0.2) is 0 Å². The summed E-state index contributed by atoms with van der Waals surface area (Å²) in [4.78, 5) is 24.2. The smallest absolute Gasteiger partial charge is 0.245 e. The summed E-state index contributed by atoms with van der Waals surface area (Å²) in [5.41, 5.74) is 4.21. The standard InChI is InChI=1S/C26H32F2N4O2/c1-4-11-31(3)13-14-34-30-18-21-9-12-32-24(19-29-25(32)17-21)22-7-5-6-20(15-22)16-23(33)8-10-26(2,27)28/h5-7,9,12,15,17-19H,4,8,10-11,13-14,16H2,1-3H3. The average molecular weight is 471 g/mol. The number of carbonyl (C=O) groups excluding carboxylic acids is 1. The monoisotopic (exact) mass is 470 g/mol. The van der Waals surface area contributed by atoms with Gasteiger partial charge in [0.05, 0.1) is 18.1 Å². The Kier molecular flexibility index (Phi) is 8.87. The number of nitrogens with zero attached hydrogens (tertiary/aromatic N) is 4. The zero-order valence-electron chi connectivity index (χ0n) is 20.0. The molecule has 0 unspecified atom stereocenters. The Bertz CT molecular complexity index is 1120. The number of halogens is 2. The van der Waals surface area contributed by atoms with Gasteiger partial charge in [-0.1, -0.05) is 30.3 Å². The molecule has 0 atom stereocenters. The third-order valence-electron chi connectivity index (χ3n) is 5.45. The zero-order valence-corrected chi connectivity index (χ0v) is 20.0. The number of pyridine rings is 1. The minimum absolute atomic E-state index is 0.132. The van der Waals surface area contributed by atoms with Gasteiger partial charge in [0, 0.05) is 43.1 Å². The van der Waals surface area contributed by atoms with Crippen LogP contribution in [0.25, 0.3) is 16.9 Å². The van der Waals surface area contributed by atoms with E-state index < -0.39 is 12.3 Å². The van der Waals surface area contributed by atoms with Crippen LogP contribution in [0.5, 0.6) is 0 Å². The summed E-state index contributed by atoms with van der Waals surface area (Å²) >= 11 is 0. The first-order valence-corrected chi connectivity index (χ1v) is 11.5. The number of alkyl halides is 2. The molecule has 0 N–H and O–H groups in total. The predicted octanol–water partition coefficient (Wildman–Crippen LogP) is 5.24. The van der Waals surface area contributed by atoms with Gasteiger partial charge in [-0.3, -0.25) is 9.20 Å². The van der Waals surface area contributed by atoms with Crippen molar-refractivity contribution in [3.63, 3.8) is 0 Å². The van der Waals surface area contributed by atoms with Gasteiger partial charge < -0.3 is 9.74 Å². The Morgan fingerprint density at radius 1 is 1.26 bits per heavy atom. The van der Waals surface area contributed by atoms with E-state index in [9.17, 15) is 13.6 Å². The molecule has 6 nitrogen and oxygen atoms in total. The number of hydrogen-bond donors (Lipinski definition) is 0. The van der Waals surface area contributed by atoms with Crippen LogP contribution in [-0.2, 0) is 16.1 Å². The predicted molar refractivity (Wildman–Crippen MR) is 131 cm³/mol. The van der Waals surface area contributed by atoms with Crippen LogP contribution in [0.3, 0.4) is 0 Å². The summed E-state index contributed by atoms with van der Waals surface area (Å²) < 4.78 is 28.0. The topological polar surface area (TPSA) is 59.2 Å². The largest absolute Gasteiger partial charge is 0.394 e. The van der Waals surface area contributed by atoms with Crippen LogP contribution in [0.4, 0.5) is 8.78 Å². The molecule has 182 valence electrons. The number of imidazole rings is 1. The normalized spacial score (nSPS) is 12.2. The Balaban J connectivity index is 1.64. The zero-order chi connectivity index (χ0) is 24.6. The van der Waals surface area contributed by atoms with Gasteiger partial charge in [0.2, 0.25) is 5.92 Å². The molecule has 0 aliphatic heterocycles. The summed E-state index contributed by atoms with van der Waals surface area (Å²) in [5, 5.41) is 4.05. The van der Waals surface area contributed by atoms with Gasteiger partial charge >= 0.3 is 0 Å². The van der Waals surface area contributed by atoms with Crippen molar-refractivity contribution in [2.45, 2.75) is 45.5 Å². The van der Waals surface area contributed by atoms with E-state index in [-0.39, 0.29) is 18.6 Å². The fourth-order valence-corrected chi connectivity index (χ4v) is 3.65. The van der Waals surface area contributed by atoms with Crippen molar-refractivity contribution in [2.75, 3.05) is 26.7 Å². The van der Waals surface area contributed by atoms with Crippen LogP contribution in [-0.4, -0.2) is 58.9 Å². The lowest BCUT2D eigenvalue weighted by Gasteiger charge is -2.13. The number of carbonyl (C=O) groups is 1. The lowest BCUT2D eigenvalue weighted by atomic mass is 10.0. The molecule has 0 amide bonds. The summed E-state index contributed by atoms with van der Waals surface area (Å²) in [6.45, 7) is 5.36. The summed E-state index contributed by atoms with van der Waals surface area (Å²) in [7, 11) is 2.06. The third kappa shape index (κ3) is 7.73. The Morgan fingerprint density at radius 3 is 2.85 bits per heavy atom. The molecule has 0 aliphatic carbocycles. The van der Waals surface area contributed by atoms with E-state index in [4.69, 9.17) is 4.84 Å². The quantitative estimate of drug-likeness (QED) is 0.195. The van der Waals surface area contributed by atoms with Crippen molar-refractivity contribution in [3.05, 3.63) is 59.9 Å². The molecule has 0 saturated heterocycles. The summed E-state index contributed by atoms with van der Waals surface area (Å²) in [6, 6.07) is 11.4. The maximum Gasteiger partial charge on any atom is 0.245 e. The van der Waals surface area contributed by atoms with Crippen LogP contribution in [0, 0.1) is 0 Å². The fourth-order valence-electron chi connectivity index (χ4n) is 3.65. The van der Waals surface area contributed by atoms with Crippen molar-refractivity contribution >= 4 is 17.6 Å². The second-order valence-corrected chi connectivity index (χ2v) is 8.69. The van der Waals surface area contributed by atoms with Crippen molar-refractivity contribution < 1.29 is 18.4 Å². The van der Waals surface area contributed by atoms with E-state index in [2.05, 4.69) is 29.0 Å². The van der Waals surface area contributed by atoms with Gasteiger partial charge in [-0.25, -0.2) is 13.8 Å². The molecule has 34 heavy (non-hydrogen) atoms. The van der Waals surface area contributed by atoms with E-state index in [1.54, 1.807) is 12.4 Å². The number of Topliss-reactive ketones (excluding diaryl/α,β-unsaturated/α-hetero) is 1. The average Bonchev–Trinajstić information content (AvgIpc) is 3.21. The molecule has 0 aliphatic rings. The molecule has 2 heterocycles. The number of oxime groups is 1. The van der Waals surface area contributed by atoms with Gasteiger partial charge in [0.25, 0.3) is 0 Å². The molecule has 2 aromatic heterocycles. The van der Waals surface area contributed by atoms with E-state index in [0.717, 1.165) is 54.5 Å². The van der Waals surface area contributed by atoms with Gasteiger partial charge in [0.1, 0.15) is 18.0 Å². The highest BCUT2D eigenvalue weighted by atomic mass is 19.3. The maximum atomic E-state index is 13.0. The SMILES string of the molecule is CCCN(C)CCON=Cc1ccn2c(-c3cccc(CC(=O)CCC(C)(F)F)c3)cnc2c1. The van der Waals surface area contributed by atoms with Gasteiger partial charge in [-0.2, -0.15) is 0 Å². The number of benzene rings is 1. The molecule has 0 radical (unpaired) electrons. The van der Waals surface area contributed by atoms with E-state index in [0.29, 0.717) is 6.61 Å². The molecule has 0 spiro atoms. The number of rotatable bonds is 13. The van der Waals surface area contributed by atoms with Crippen molar-refractivity contribution in [3.8, 4) is 11.3 Å². The minimum Gasteiger partial charge on any atom is -0.394 e. The number of fused-ring (bicyclic) bond motifs is 1. The van der Waals surface area contributed by atoms with Crippen LogP contribution < -0.4 is 0 Å². The molecular formula is C26H32F2N4O2. The van der Waals surface area contributed by atoms with Crippen molar-refractivity contribution in [2.24, 2.45) is 5.16 Å². The highest BCUT2D eigenvalue weighted by molar-refractivity contribution is 5.82. The molecule has 0 fully saturated rings. The Morgan fingerprint density at radius 2 is 2.09 bits per heavy atom. The highest BCUT2D eigenvalue weighted by Crippen LogP contribution is 2.24. The van der Waals surface area contributed by atoms with Crippen LogP contribution >= 0.6 is 0 Å². The first-order chi connectivity index (χ1) is 16.2. The van der Waals surface area contributed by atoms with Crippen LogP contribution in [0.15, 0.2) is 53.9 Å². The molecule has 0 bridgehead atoms. The molecule has 3 rings (SSSR count). The Hall–Kier alpha value is -3.13. The second-order valence-electron chi connectivity index (χ2n) is 8.69. The van der Waals surface area contributed by atoms with Crippen LogP contribution in [0.1, 0.15) is 44.2 Å². The number of hydrogen-bond acceptors (Lipinski definition) is 5. The van der Waals surface area contributed by atoms with Crippen LogP contribution in [0.2, 0.25) is 0 Å². The molecular weight excluding hydrogens is 438 g/mol. The second kappa shape index (κ2) is 11.8. The lowest BCUT2D eigenvalue weighted by molar-refractivity contribution is -0.120. The third-order valence-corrected chi connectivity index (χ3v) is 5.45. The van der Waals surface area contributed by atoms with Crippen molar-refractivity contribution in [1.29, 1.82) is 0 Å². The maximum absolute atomic E-state index is 13.0. The molecule has 0 saturated carbocycles. The first kappa shape index (κ1) is 25.5. The number of aromatic nitrogens is 2. The minimum atomic E-state index is -2.82. The van der Waals surface area contributed by atoms with Gasteiger partial charge in [-0.15, -0.1) is 0 Å². The lowest BCUT2D eigenvalue weighted by Crippen LogP contribution is -2.23. The first-order valence-electron chi connectivity index (χ1n) is 11.5. The number of ketones is 1. The van der Waals surface area contributed by atoms with Gasteiger partial charge in [-0.05, 0) is 50.7 Å². The fraction of sp³-hybridized carbons (Fsp3) is 0.423. The summed E-state index contributed by atoms with van der Waals surface area (Å²) in [6.07, 6.45) is 6.03. The molecule has 1 aromatic carbocycles. The Labute approximate surface area is 199 Å². The van der Waals surface area contributed by atoms with E-state index >= 15 is 0 Å². The number of likely N-dealkylation sites (N-methyl/N-ethyl adjacent to an activating group) is 1. The van der Waals surface area contributed by atoms with Crippen molar-refractivity contribution in [1.82, 2.24) is 14.3 Å². The van der Waals surface area contributed by atoms with E-state index in [1.165, 1.54) is 0 Å². The molecule has 3 aromatic rings. The molecule has 8 heteroatoms. The van der Waals surface area contributed by atoms with E-state index in [1.807, 2.05) is 47.0 Å².